The first-order valence-electron chi connectivity index (χ1n) is 11.8. The van der Waals surface area contributed by atoms with E-state index in [2.05, 4.69) is 10.2 Å². The number of nitrogens with one attached hydrogen (secondary N) is 1. The van der Waals surface area contributed by atoms with E-state index >= 15 is 0 Å². The van der Waals surface area contributed by atoms with E-state index in [1.807, 2.05) is 43.3 Å². The maximum atomic E-state index is 13.5. The fourth-order valence-corrected chi connectivity index (χ4v) is 7.11. The lowest BCUT2D eigenvalue weighted by Gasteiger charge is -2.57. The van der Waals surface area contributed by atoms with Crippen LogP contribution < -0.4 is 10.2 Å². The van der Waals surface area contributed by atoms with Gasteiger partial charge in [-0.2, -0.15) is 0 Å². The number of rotatable bonds is 4. The molecule has 0 radical (unpaired) electrons. The molecule has 1 saturated heterocycles. The number of carbonyl (C=O) groups is 2. The third-order valence-electron chi connectivity index (χ3n) is 8.26. The minimum Gasteiger partial charge on any atom is -0.378 e. The molecule has 0 spiro atoms. The Bertz CT molecular complexity index is 773. The average Bonchev–Trinajstić information content (AvgIpc) is 2.73. The first kappa shape index (κ1) is 19.9. The quantitative estimate of drug-likeness (QED) is 0.825. The van der Waals surface area contributed by atoms with Crippen molar-refractivity contribution < 1.29 is 9.59 Å². The van der Waals surface area contributed by atoms with Gasteiger partial charge in [-0.1, -0.05) is 0 Å². The van der Waals surface area contributed by atoms with E-state index in [0.29, 0.717) is 11.5 Å². The van der Waals surface area contributed by atoms with Crippen LogP contribution in [0.5, 0.6) is 0 Å². The summed E-state index contributed by atoms with van der Waals surface area (Å²) in [6, 6.07) is 7.88. The van der Waals surface area contributed by atoms with Gasteiger partial charge in [-0.25, -0.2) is 0 Å². The number of hydrogen-bond acceptors (Lipinski definition) is 3. The maximum Gasteiger partial charge on any atom is 0.251 e. The lowest BCUT2D eigenvalue weighted by Crippen LogP contribution is -2.56. The van der Waals surface area contributed by atoms with Gasteiger partial charge in [-0.15, -0.1) is 0 Å². The predicted molar refractivity (Wildman–Crippen MR) is 118 cm³/mol. The number of likely N-dealkylation sites (tertiary alicyclic amines) is 1. The summed E-state index contributed by atoms with van der Waals surface area (Å²) in [7, 11) is 3.99. The minimum atomic E-state index is -0.0426. The van der Waals surface area contributed by atoms with Crippen LogP contribution in [0.4, 0.5) is 5.69 Å². The van der Waals surface area contributed by atoms with Gasteiger partial charge < -0.3 is 15.1 Å². The topological polar surface area (TPSA) is 52.7 Å². The summed E-state index contributed by atoms with van der Waals surface area (Å²) >= 11 is 0. The monoisotopic (exact) mass is 409 g/mol. The van der Waals surface area contributed by atoms with Gasteiger partial charge in [0, 0.05) is 44.5 Å². The highest BCUT2D eigenvalue weighted by Crippen LogP contribution is 2.60. The molecule has 0 aromatic heterocycles. The molecule has 1 aromatic carbocycles. The number of carbonyl (C=O) groups excluding carboxylic acids is 2. The van der Waals surface area contributed by atoms with Crippen molar-refractivity contribution in [1.82, 2.24) is 10.2 Å². The first-order chi connectivity index (χ1) is 14.4. The van der Waals surface area contributed by atoms with Crippen molar-refractivity contribution in [2.75, 3.05) is 32.1 Å². The summed E-state index contributed by atoms with van der Waals surface area (Å²) in [5.41, 5.74) is 1.75. The van der Waals surface area contributed by atoms with Crippen molar-refractivity contribution >= 4 is 17.5 Å². The number of amides is 2. The van der Waals surface area contributed by atoms with Crippen LogP contribution in [0.2, 0.25) is 0 Å². The summed E-state index contributed by atoms with van der Waals surface area (Å²) in [5.74, 6) is 2.83. The molecule has 1 aromatic rings. The van der Waals surface area contributed by atoms with Crippen molar-refractivity contribution in [3.63, 3.8) is 0 Å². The van der Waals surface area contributed by atoms with Gasteiger partial charge in [0.1, 0.15) is 0 Å². The van der Waals surface area contributed by atoms with Crippen LogP contribution in [-0.2, 0) is 4.79 Å². The zero-order chi connectivity index (χ0) is 20.9. The SMILES string of the molecule is CN(C)c1ccc(C(=O)NC2CCN(C(=O)C34CC5CC(CC(C5)C3)C4)CC2)cc1. The predicted octanol–water partition coefficient (Wildman–Crippen LogP) is 3.69. The number of benzene rings is 1. The van der Waals surface area contributed by atoms with Gasteiger partial charge in [0.15, 0.2) is 0 Å². The van der Waals surface area contributed by atoms with Crippen LogP contribution in [0.15, 0.2) is 24.3 Å². The van der Waals surface area contributed by atoms with Crippen LogP contribution in [0.25, 0.3) is 0 Å². The van der Waals surface area contributed by atoms with Gasteiger partial charge in [0.25, 0.3) is 5.91 Å². The summed E-state index contributed by atoms with van der Waals surface area (Å²) in [4.78, 5) is 30.3. The molecule has 4 bridgehead atoms. The molecule has 5 nitrogen and oxygen atoms in total. The van der Waals surface area contributed by atoms with E-state index in [1.54, 1.807) is 0 Å². The smallest absolute Gasteiger partial charge is 0.251 e. The molecular formula is C25H35N3O2. The van der Waals surface area contributed by atoms with Gasteiger partial charge in [0.2, 0.25) is 5.91 Å². The molecule has 5 heteroatoms. The summed E-state index contributed by atoms with van der Waals surface area (Å²) < 4.78 is 0. The molecule has 4 saturated carbocycles. The second-order valence-electron chi connectivity index (χ2n) is 10.7. The zero-order valence-electron chi connectivity index (χ0n) is 18.4. The number of piperidine rings is 1. The number of nitrogens with zero attached hydrogens (tertiary/aromatic N) is 2. The van der Waals surface area contributed by atoms with E-state index < -0.39 is 0 Å². The normalized spacial score (nSPS) is 32.9. The number of hydrogen-bond donors (Lipinski definition) is 1. The average molecular weight is 410 g/mol. The summed E-state index contributed by atoms with van der Waals surface area (Å²) in [6.07, 6.45) is 9.24. The largest absolute Gasteiger partial charge is 0.378 e. The Balaban J connectivity index is 1.16. The van der Waals surface area contributed by atoms with E-state index in [1.165, 1.54) is 19.3 Å². The molecule has 0 unspecified atom stereocenters. The molecule has 1 aliphatic heterocycles. The summed E-state index contributed by atoms with van der Waals surface area (Å²) in [5, 5.41) is 3.19. The van der Waals surface area contributed by atoms with Crippen LogP contribution >= 0.6 is 0 Å². The standard InChI is InChI=1S/C25H35N3O2/c1-27(2)22-5-3-20(4-6-22)23(29)26-21-7-9-28(10-8-21)24(30)25-14-17-11-18(15-25)13-19(12-17)16-25/h3-6,17-19,21H,7-16H2,1-2H3,(H,26,29). The van der Waals surface area contributed by atoms with E-state index in [9.17, 15) is 9.59 Å². The third-order valence-corrected chi connectivity index (χ3v) is 8.26. The Labute approximate surface area is 180 Å². The molecule has 30 heavy (non-hydrogen) atoms. The van der Waals surface area contributed by atoms with Crippen molar-refractivity contribution in [3.05, 3.63) is 29.8 Å². The molecular weight excluding hydrogens is 374 g/mol. The van der Waals surface area contributed by atoms with Gasteiger partial charge in [-0.05, 0) is 93.4 Å². The second-order valence-corrected chi connectivity index (χ2v) is 10.7. The van der Waals surface area contributed by atoms with Crippen LogP contribution in [0, 0.1) is 23.2 Å². The highest BCUT2D eigenvalue weighted by atomic mass is 16.2. The molecule has 5 fully saturated rings. The van der Waals surface area contributed by atoms with E-state index in [4.69, 9.17) is 0 Å². The van der Waals surface area contributed by atoms with Gasteiger partial charge >= 0.3 is 0 Å². The lowest BCUT2D eigenvalue weighted by molar-refractivity contribution is -0.158. The molecule has 0 atom stereocenters. The van der Waals surface area contributed by atoms with Crippen molar-refractivity contribution in [2.45, 2.75) is 57.4 Å². The Morgan fingerprint density at radius 2 is 1.47 bits per heavy atom. The second kappa shape index (κ2) is 7.58. The van der Waals surface area contributed by atoms with E-state index in [0.717, 1.165) is 68.6 Å². The molecule has 5 aliphatic rings. The molecule has 1 heterocycles. The van der Waals surface area contributed by atoms with Crippen molar-refractivity contribution in [2.24, 2.45) is 23.2 Å². The fraction of sp³-hybridized carbons (Fsp3) is 0.680. The summed E-state index contributed by atoms with van der Waals surface area (Å²) in [6.45, 7) is 1.57. The zero-order valence-corrected chi connectivity index (χ0v) is 18.4. The number of anilines is 1. The fourth-order valence-electron chi connectivity index (χ4n) is 7.11. The molecule has 2 amide bonds. The maximum absolute atomic E-state index is 13.5. The lowest BCUT2D eigenvalue weighted by atomic mass is 9.49. The van der Waals surface area contributed by atoms with Crippen LogP contribution in [-0.4, -0.2) is 49.9 Å². The highest BCUT2D eigenvalue weighted by Gasteiger charge is 2.55. The highest BCUT2D eigenvalue weighted by molar-refractivity contribution is 5.94. The Kier molecular flexibility index (Phi) is 5.03. The van der Waals surface area contributed by atoms with Crippen molar-refractivity contribution in [3.8, 4) is 0 Å². The Morgan fingerprint density at radius 3 is 1.97 bits per heavy atom. The molecule has 4 aliphatic carbocycles. The molecule has 1 N–H and O–H groups in total. The molecule has 162 valence electrons. The Morgan fingerprint density at radius 1 is 0.933 bits per heavy atom. The third kappa shape index (κ3) is 3.61. The van der Waals surface area contributed by atoms with Crippen molar-refractivity contribution in [1.29, 1.82) is 0 Å². The van der Waals surface area contributed by atoms with Crippen LogP contribution in [0.1, 0.15) is 61.7 Å². The van der Waals surface area contributed by atoms with Gasteiger partial charge in [0.05, 0.1) is 5.41 Å². The van der Waals surface area contributed by atoms with Crippen LogP contribution in [0.3, 0.4) is 0 Å². The minimum absolute atomic E-state index is 0.00818. The van der Waals surface area contributed by atoms with E-state index in [-0.39, 0.29) is 17.4 Å². The first-order valence-corrected chi connectivity index (χ1v) is 11.8. The Hall–Kier alpha value is -2.04. The molecule has 6 rings (SSSR count). The van der Waals surface area contributed by atoms with Gasteiger partial charge in [-0.3, -0.25) is 9.59 Å².